The van der Waals surface area contributed by atoms with Crippen molar-refractivity contribution in [3.63, 3.8) is 0 Å². The summed E-state index contributed by atoms with van der Waals surface area (Å²) in [6.07, 6.45) is 0.0385. The molecular formula is C22H27NO3. The molecule has 0 fully saturated rings. The molecule has 2 aromatic rings. The average molecular weight is 353 g/mol. The van der Waals surface area contributed by atoms with Gasteiger partial charge in [0.1, 0.15) is 5.75 Å². The molecule has 0 aliphatic heterocycles. The number of amides is 1. The molecule has 0 spiro atoms. The molecule has 0 aromatic heterocycles. The van der Waals surface area contributed by atoms with Gasteiger partial charge in [-0.2, -0.15) is 0 Å². The number of aryl methyl sites for hydroxylation is 1. The van der Waals surface area contributed by atoms with Crippen molar-refractivity contribution in [1.29, 1.82) is 0 Å². The first-order valence-electron chi connectivity index (χ1n) is 9.07. The largest absolute Gasteiger partial charge is 0.491 e. The maximum absolute atomic E-state index is 11.2. The lowest BCUT2D eigenvalue weighted by Crippen LogP contribution is -2.34. The van der Waals surface area contributed by atoms with Gasteiger partial charge in [0.05, 0.1) is 12.1 Å². The number of ether oxygens (including phenoxy) is 1. The van der Waals surface area contributed by atoms with Crippen molar-refractivity contribution >= 4 is 6.09 Å². The van der Waals surface area contributed by atoms with Crippen LogP contribution in [-0.4, -0.2) is 17.3 Å². The molecule has 0 heterocycles. The van der Waals surface area contributed by atoms with Crippen molar-refractivity contribution in [2.24, 2.45) is 5.41 Å². The Morgan fingerprint density at radius 1 is 1.23 bits per heavy atom. The first kappa shape index (κ1) is 18.3. The van der Waals surface area contributed by atoms with Crippen LogP contribution < -0.4 is 10.1 Å². The summed E-state index contributed by atoms with van der Waals surface area (Å²) in [7, 11) is 0. The highest BCUT2D eigenvalue weighted by atomic mass is 16.5. The Hall–Kier alpha value is -2.49. The van der Waals surface area contributed by atoms with E-state index in [-0.39, 0.29) is 17.6 Å². The van der Waals surface area contributed by atoms with Crippen molar-refractivity contribution in [3.8, 4) is 16.9 Å². The summed E-state index contributed by atoms with van der Waals surface area (Å²) in [6.45, 7) is 10.3. The molecule has 3 rings (SSSR count). The van der Waals surface area contributed by atoms with Gasteiger partial charge in [0, 0.05) is 0 Å². The third-order valence-electron chi connectivity index (χ3n) is 5.03. The van der Waals surface area contributed by atoms with Crippen LogP contribution in [0.25, 0.3) is 11.1 Å². The van der Waals surface area contributed by atoms with Gasteiger partial charge in [-0.3, -0.25) is 0 Å². The third-order valence-corrected chi connectivity index (χ3v) is 5.03. The summed E-state index contributed by atoms with van der Waals surface area (Å²) < 4.78 is 5.72. The van der Waals surface area contributed by atoms with Crippen molar-refractivity contribution in [3.05, 3.63) is 53.1 Å². The molecular weight excluding hydrogens is 326 g/mol. The highest BCUT2D eigenvalue weighted by molar-refractivity contribution is 5.71. The van der Waals surface area contributed by atoms with E-state index in [1.54, 1.807) is 0 Å². The van der Waals surface area contributed by atoms with Crippen LogP contribution in [0.2, 0.25) is 0 Å². The number of fused-ring (bicyclic) bond motifs is 1. The second kappa shape index (κ2) is 6.67. The van der Waals surface area contributed by atoms with Gasteiger partial charge >= 0.3 is 6.09 Å². The maximum atomic E-state index is 11.2. The molecule has 0 bridgehead atoms. The minimum absolute atomic E-state index is 0.138. The number of carbonyl (C=O) groups is 1. The number of rotatable bonds is 4. The zero-order valence-electron chi connectivity index (χ0n) is 16.1. The SMILES string of the molecule is Cc1cc2c(cc1-c1ccc(OC(C)C)cc1)CC(C)(C)[C@H]2NC(=O)O. The number of benzene rings is 2. The Labute approximate surface area is 155 Å². The highest BCUT2D eigenvalue weighted by Crippen LogP contribution is 2.47. The van der Waals surface area contributed by atoms with Crippen LogP contribution >= 0.6 is 0 Å². The molecule has 4 heteroatoms. The lowest BCUT2D eigenvalue weighted by Gasteiger charge is -2.27. The van der Waals surface area contributed by atoms with Crippen LogP contribution in [0.5, 0.6) is 5.75 Å². The van der Waals surface area contributed by atoms with E-state index in [2.05, 4.69) is 50.4 Å². The molecule has 26 heavy (non-hydrogen) atoms. The summed E-state index contributed by atoms with van der Waals surface area (Å²) >= 11 is 0. The Morgan fingerprint density at radius 3 is 2.46 bits per heavy atom. The van der Waals surface area contributed by atoms with Crippen LogP contribution in [0.3, 0.4) is 0 Å². The van der Waals surface area contributed by atoms with Gasteiger partial charge in [-0.05, 0) is 72.6 Å². The first-order chi connectivity index (χ1) is 12.2. The predicted octanol–water partition coefficient (Wildman–Crippen LogP) is 5.34. The van der Waals surface area contributed by atoms with E-state index < -0.39 is 6.09 Å². The first-order valence-corrected chi connectivity index (χ1v) is 9.07. The Balaban J connectivity index is 1.96. The Morgan fingerprint density at radius 2 is 1.88 bits per heavy atom. The number of hydrogen-bond acceptors (Lipinski definition) is 2. The standard InChI is InChI=1S/C22H27NO3/c1-13(2)26-17-8-6-15(7-9-17)18-11-16-12-22(4,5)20(23-21(24)25)19(16)10-14(18)3/h6-11,13,20,23H,12H2,1-5H3,(H,24,25)/t20-/m0/s1. The Bertz CT molecular complexity index is 822. The van der Waals surface area contributed by atoms with Crippen LogP contribution in [0.4, 0.5) is 4.79 Å². The molecule has 0 radical (unpaired) electrons. The lowest BCUT2D eigenvalue weighted by atomic mass is 9.85. The van der Waals surface area contributed by atoms with Crippen LogP contribution in [0.15, 0.2) is 36.4 Å². The molecule has 4 nitrogen and oxygen atoms in total. The molecule has 1 atom stereocenters. The zero-order chi connectivity index (χ0) is 19.1. The van der Waals surface area contributed by atoms with E-state index in [1.807, 2.05) is 26.0 Å². The summed E-state index contributed by atoms with van der Waals surface area (Å²) in [5.41, 5.74) is 5.66. The van der Waals surface area contributed by atoms with Gasteiger partial charge in [-0.1, -0.05) is 38.1 Å². The number of carboxylic acid groups (broad SMARTS) is 1. The molecule has 1 amide bonds. The summed E-state index contributed by atoms with van der Waals surface area (Å²) in [5, 5.41) is 11.9. The van der Waals surface area contributed by atoms with Gasteiger partial charge < -0.3 is 15.2 Å². The molecule has 0 unspecified atom stereocenters. The second-order valence-corrected chi connectivity index (χ2v) is 8.10. The fraction of sp³-hybridized carbons (Fsp3) is 0.409. The van der Waals surface area contributed by atoms with E-state index in [9.17, 15) is 9.90 Å². The van der Waals surface area contributed by atoms with Gasteiger partial charge in [0.25, 0.3) is 0 Å². The van der Waals surface area contributed by atoms with Crippen LogP contribution in [-0.2, 0) is 6.42 Å². The summed E-state index contributed by atoms with van der Waals surface area (Å²) in [4.78, 5) is 11.2. The van der Waals surface area contributed by atoms with Crippen molar-refractivity contribution in [2.45, 2.75) is 53.2 Å². The highest BCUT2D eigenvalue weighted by Gasteiger charge is 2.40. The quantitative estimate of drug-likeness (QED) is 0.780. The molecule has 1 aliphatic rings. The normalized spacial score (nSPS) is 17.8. The van der Waals surface area contributed by atoms with Gasteiger partial charge in [-0.15, -0.1) is 0 Å². The topological polar surface area (TPSA) is 58.6 Å². The number of nitrogens with one attached hydrogen (secondary N) is 1. The van der Waals surface area contributed by atoms with Gasteiger partial charge in [-0.25, -0.2) is 4.79 Å². The average Bonchev–Trinajstić information content (AvgIpc) is 2.77. The third kappa shape index (κ3) is 3.55. The molecule has 0 saturated carbocycles. The fourth-order valence-corrected chi connectivity index (χ4v) is 3.90. The molecule has 2 N–H and O–H groups in total. The minimum atomic E-state index is -0.974. The second-order valence-electron chi connectivity index (χ2n) is 8.10. The maximum Gasteiger partial charge on any atom is 0.405 e. The monoisotopic (exact) mass is 353 g/mol. The van der Waals surface area contributed by atoms with Gasteiger partial charge in [0.2, 0.25) is 0 Å². The van der Waals surface area contributed by atoms with E-state index in [0.29, 0.717) is 0 Å². The molecule has 1 aliphatic carbocycles. The van der Waals surface area contributed by atoms with E-state index >= 15 is 0 Å². The van der Waals surface area contributed by atoms with Crippen LogP contribution in [0.1, 0.15) is 50.4 Å². The van der Waals surface area contributed by atoms with Gasteiger partial charge in [0.15, 0.2) is 0 Å². The van der Waals surface area contributed by atoms with Crippen LogP contribution in [0, 0.1) is 12.3 Å². The molecule has 2 aromatic carbocycles. The lowest BCUT2D eigenvalue weighted by molar-refractivity contribution is 0.175. The predicted molar refractivity (Wildman–Crippen MR) is 104 cm³/mol. The summed E-state index contributed by atoms with van der Waals surface area (Å²) in [6, 6.07) is 12.3. The molecule has 138 valence electrons. The fourth-order valence-electron chi connectivity index (χ4n) is 3.90. The Kier molecular flexibility index (Phi) is 4.70. The summed E-state index contributed by atoms with van der Waals surface area (Å²) in [5.74, 6) is 0.870. The van der Waals surface area contributed by atoms with E-state index in [4.69, 9.17) is 4.74 Å². The molecule has 0 saturated heterocycles. The van der Waals surface area contributed by atoms with Crippen molar-refractivity contribution < 1.29 is 14.6 Å². The van der Waals surface area contributed by atoms with E-state index in [1.165, 1.54) is 11.1 Å². The smallest absolute Gasteiger partial charge is 0.405 e. The number of hydrogen-bond donors (Lipinski definition) is 2. The van der Waals surface area contributed by atoms with Crippen molar-refractivity contribution in [2.75, 3.05) is 0 Å². The van der Waals surface area contributed by atoms with Crippen molar-refractivity contribution in [1.82, 2.24) is 5.32 Å². The zero-order valence-corrected chi connectivity index (χ0v) is 16.1. The van der Waals surface area contributed by atoms with E-state index in [0.717, 1.165) is 28.9 Å². The minimum Gasteiger partial charge on any atom is -0.491 e.